The van der Waals surface area contributed by atoms with Crippen molar-refractivity contribution >= 4 is 17.3 Å². The van der Waals surface area contributed by atoms with E-state index in [2.05, 4.69) is 90.9 Å². The number of aromatic nitrogens is 3. The molecule has 4 heteroatoms. The fraction of sp³-hybridized carbons (Fsp3) is 0.217. The van der Waals surface area contributed by atoms with Crippen molar-refractivity contribution in [2.45, 2.75) is 34.6 Å². The number of anilines is 2. The maximum Gasteiger partial charge on any atom is 0.236 e. The molecule has 4 rings (SSSR count). The lowest BCUT2D eigenvalue weighted by molar-refractivity contribution is 1.02. The van der Waals surface area contributed by atoms with Crippen LogP contribution in [0.15, 0.2) is 48.5 Å². The molecular formula is C23H24N4. The largest absolute Gasteiger partial charge is 0.339 e. The smallest absolute Gasteiger partial charge is 0.236 e. The summed E-state index contributed by atoms with van der Waals surface area (Å²) in [6.45, 7) is 10.4. The molecule has 0 aliphatic heterocycles. The van der Waals surface area contributed by atoms with Gasteiger partial charge in [-0.2, -0.15) is 0 Å². The van der Waals surface area contributed by atoms with Gasteiger partial charge in [-0.3, -0.25) is 4.40 Å². The van der Waals surface area contributed by atoms with Crippen molar-refractivity contribution in [3.63, 3.8) is 0 Å². The van der Waals surface area contributed by atoms with Gasteiger partial charge in [0.15, 0.2) is 0 Å². The van der Waals surface area contributed by atoms with Crippen molar-refractivity contribution in [3.05, 3.63) is 76.6 Å². The van der Waals surface area contributed by atoms with Gasteiger partial charge in [0.2, 0.25) is 5.78 Å². The maximum atomic E-state index is 4.88. The first-order valence-corrected chi connectivity index (χ1v) is 9.21. The van der Waals surface area contributed by atoms with Crippen LogP contribution in [-0.4, -0.2) is 14.4 Å². The molecule has 2 heterocycles. The second-order valence-corrected chi connectivity index (χ2v) is 7.24. The normalized spacial score (nSPS) is 11.1. The molecule has 0 fully saturated rings. The third kappa shape index (κ3) is 3.08. The summed E-state index contributed by atoms with van der Waals surface area (Å²) in [7, 11) is 0. The van der Waals surface area contributed by atoms with E-state index < -0.39 is 0 Å². The van der Waals surface area contributed by atoms with Crippen molar-refractivity contribution in [1.29, 1.82) is 0 Å². The molecule has 2 aromatic heterocycles. The Morgan fingerprint density at radius 2 is 1.48 bits per heavy atom. The fourth-order valence-electron chi connectivity index (χ4n) is 3.53. The van der Waals surface area contributed by atoms with E-state index in [0.717, 1.165) is 39.9 Å². The van der Waals surface area contributed by atoms with Crippen LogP contribution in [0.4, 0.5) is 11.5 Å². The summed E-state index contributed by atoms with van der Waals surface area (Å²) in [6.07, 6.45) is 0. The third-order valence-corrected chi connectivity index (χ3v) is 4.96. The van der Waals surface area contributed by atoms with Gasteiger partial charge >= 0.3 is 0 Å². The number of hydrogen-bond acceptors (Lipinski definition) is 3. The van der Waals surface area contributed by atoms with Crippen LogP contribution < -0.4 is 5.32 Å². The number of para-hydroxylation sites is 1. The lowest BCUT2D eigenvalue weighted by Gasteiger charge is -2.15. The highest BCUT2D eigenvalue weighted by molar-refractivity contribution is 5.80. The van der Waals surface area contributed by atoms with Gasteiger partial charge in [0, 0.05) is 22.6 Å². The number of fused-ring (bicyclic) bond motifs is 1. The summed E-state index contributed by atoms with van der Waals surface area (Å²) in [6, 6.07) is 16.9. The minimum Gasteiger partial charge on any atom is -0.339 e. The minimum atomic E-state index is 0.719. The van der Waals surface area contributed by atoms with E-state index in [4.69, 9.17) is 4.98 Å². The van der Waals surface area contributed by atoms with Gasteiger partial charge < -0.3 is 5.32 Å². The summed E-state index contributed by atoms with van der Waals surface area (Å²) < 4.78 is 2.11. The molecule has 1 N–H and O–H groups in total. The van der Waals surface area contributed by atoms with E-state index in [-0.39, 0.29) is 0 Å². The van der Waals surface area contributed by atoms with Crippen molar-refractivity contribution in [2.24, 2.45) is 0 Å². The molecule has 0 atom stereocenters. The standard InChI is InChI=1S/C23H24N4/c1-14-9-11-19(12-10-14)21-22(25-20-15(2)7-6-8-16(20)3)27-18(5)13-17(4)24-23(27)26-21/h6-13,25H,1-5H3. The predicted octanol–water partition coefficient (Wildman–Crippen LogP) is 5.68. The lowest BCUT2D eigenvalue weighted by Crippen LogP contribution is -2.03. The first kappa shape index (κ1) is 17.3. The topological polar surface area (TPSA) is 42.2 Å². The molecule has 0 saturated heterocycles. The Hall–Kier alpha value is -3.14. The number of aryl methyl sites for hydroxylation is 5. The molecule has 0 spiro atoms. The predicted molar refractivity (Wildman–Crippen MR) is 112 cm³/mol. The summed E-state index contributed by atoms with van der Waals surface area (Å²) in [5.41, 5.74) is 8.84. The number of nitrogens with one attached hydrogen (secondary N) is 1. The Labute approximate surface area is 159 Å². The molecule has 4 nitrogen and oxygen atoms in total. The minimum absolute atomic E-state index is 0.719. The number of imidazole rings is 1. The quantitative estimate of drug-likeness (QED) is 0.513. The van der Waals surface area contributed by atoms with Crippen molar-refractivity contribution in [1.82, 2.24) is 14.4 Å². The van der Waals surface area contributed by atoms with Gasteiger partial charge in [-0.15, -0.1) is 0 Å². The Bertz CT molecular complexity index is 1120. The van der Waals surface area contributed by atoms with Gasteiger partial charge in [-0.1, -0.05) is 48.0 Å². The van der Waals surface area contributed by atoms with Crippen LogP contribution in [0.25, 0.3) is 17.0 Å². The summed E-state index contributed by atoms with van der Waals surface area (Å²) >= 11 is 0. The zero-order valence-corrected chi connectivity index (χ0v) is 16.5. The van der Waals surface area contributed by atoms with Gasteiger partial charge in [0.05, 0.1) is 0 Å². The Morgan fingerprint density at radius 3 is 2.15 bits per heavy atom. The van der Waals surface area contributed by atoms with Crippen LogP contribution in [0, 0.1) is 34.6 Å². The van der Waals surface area contributed by atoms with E-state index in [0.29, 0.717) is 0 Å². The average molecular weight is 356 g/mol. The van der Waals surface area contributed by atoms with Gasteiger partial charge in [0.25, 0.3) is 0 Å². The zero-order chi connectivity index (χ0) is 19.1. The van der Waals surface area contributed by atoms with E-state index in [1.165, 1.54) is 16.7 Å². The van der Waals surface area contributed by atoms with Gasteiger partial charge in [-0.05, 0) is 51.8 Å². The molecule has 0 unspecified atom stereocenters. The maximum absolute atomic E-state index is 4.88. The monoisotopic (exact) mass is 356 g/mol. The van der Waals surface area contributed by atoms with Crippen molar-refractivity contribution in [3.8, 4) is 11.3 Å². The van der Waals surface area contributed by atoms with Gasteiger partial charge in [0.1, 0.15) is 11.5 Å². The summed E-state index contributed by atoms with van der Waals surface area (Å²) in [4.78, 5) is 9.54. The Morgan fingerprint density at radius 1 is 0.815 bits per heavy atom. The molecular weight excluding hydrogens is 332 g/mol. The molecule has 136 valence electrons. The molecule has 0 bridgehead atoms. The highest BCUT2D eigenvalue weighted by Gasteiger charge is 2.18. The molecule has 0 amide bonds. The van der Waals surface area contributed by atoms with E-state index in [1.807, 2.05) is 6.92 Å². The van der Waals surface area contributed by atoms with Crippen LogP contribution in [0.2, 0.25) is 0 Å². The number of benzene rings is 2. The SMILES string of the molecule is Cc1ccc(-c2nc3nc(C)cc(C)n3c2Nc2c(C)cccc2C)cc1. The van der Waals surface area contributed by atoms with E-state index >= 15 is 0 Å². The second-order valence-electron chi connectivity index (χ2n) is 7.24. The number of hydrogen-bond donors (Lipinski definition) is 1. The fourth-order valence-corrected chi connectivity index (χ4v) is 3.53. The van der Waals surface area contributed by atoms with Crippen LogP contribution >= 0.6 is 0 Å². The van der Waals surface area contributed by atoms with Crippen LogP contribution in [0.5, 0.6) is 0 Å². The Balaban J connectivity index is 1.99. The molecule has 0 aliphatic rings. The number of rotatable bonds is 3. The molecule has 4 aromatic rings. The van der Waals surface area contributed by atoms with Crippen molar-refractivity contribution in [2.75, 3.05) is 5.32 Å². The summed E-state index contributed by atoms with van der Waals surface area (Å²) in [5.74, 6) is 1.67. The molecule has 2 aromatic carbocycles. The molecule has 0 radical (unpaired) electrons. The third-order valence-electron chi connectivity index (χ3n) is 4.96. The summed E-state index contributed by atoms with van der Waals surface area (Å²) in [5, 5.41) is 3.67. The van der Waals surface area contributed by atoms with E-state index in [9.17, 15) is 0 Å². The molecule has 27 heavy (non-hydrogen) atoms. The first-order valence-electron chi connectivity index (χ1n) is 9.21. The first-order chi connectivity index (χ1) is 12.9. The average Bonchev–Trinajstić information content (AvgIpc) is 2.97. The lowest BCUT2D eigenvalue weighted by atomic mass is 10.1. The highest BCUT2D eigenvalue weighted by atomic mass is 15.2. The molecule has 0 saturated carbocycles. The highest BCUT2D eigenvalue weighted by Crippen LogP contribution is 2.33. The Kier molecular flexibility index (Phi) is 4.19. The van der Waals surface area contributed by atoms with Gasteiger partial charge in [-0.25, -0.2) is 9.97 Å². The van der Waals surface area contributed by atoms with Crippen LogP contribution in [0.1, 0.15) is 28.1 Å². The van der Waals surface area contributed by atoms with Crippen LogP contribution in [0.3, 0.4) is 0 Å². The van der Waals surface area contributed by atoms with E-state index in [1.54, 1.807) is 0 Å². The van der Waals surface area contributed by atoms with Crippen molar-refractivity contribution < 1.29 is 0 Å². The van der Waals surface area contributed by atoms with Crippen LogP contribution in [-0.2, 0) is 0 Å². The second kappa shape index (κ2) is 6.54. The zero-order valence-electron chi connectivity index (χ0n) is 16.5. The molecule has 0 aliphatic carbocycles. The number of nitrogens with zero attached hydrogens (tertiary/aromatic N) is 3.